The molecular formula is C20H23ClFNO. The van der Waals surface area contributed by atoms with E-state index in [1.54, 1.807) is 13.2 Å². The fraction of sp³-hybridized carbons (Fsp3) is 0.450. The number of ether oxygens (including phenoxy) is 1. The van der Waals surface area contributed by atoms with E-state index in [0.29, 0.717) is 23.2 Å². The van der Waals surface area contributed by atoms with Crippen LogP contribution >= 0.6 is 11.6 Å². The number of hydrogen-bond donors (Lipinski definition) is 0. The van der Waals surface area contributed by atoms with Crippen LogP contribution in [0.1, 0.15) is 50.2 Å². The molecule has 1 aliphatic carbocycles. The average Bonchev–Trinajstić information content (AvgIpc) is 2.94. The molecule has 0 aliphatic heterocycles. The molecule has 0 amide bonds. The van der Waals surface area contributed by atoms with Crippen LogP contribution in [-0.2, 0) is 5.88 Å². The highest BCUT2D eigenvalue weighted by Crippen LogP contribution is 2.51. The van der Waals surface area contributed by atoms with Crippen molar-refractivity contribution in [3.8, 4) is 17.0 Å². The van der Waals surface area contributed by atoms with E-state index in [4.69, 9.17) is 16.3 Å². The zero-order valence-corrected chi connectivity index (χ0v) is 15.2. The van der Waals surface area contributed by atoms with Crippen molar-refractivity contribution < 1.29 is 9.13 Å². The van der Waals surface area contributed by atoms with E-state index in [1.165, 1.54) is 24.6 Å². The second kappa shape index (κ2) is 6.72. The van der Waals surface area contributed by atoms with Crippen molar-refractivity contribution in [3.63, 3.8) is 0 Å². The van der Waals surface area contributed by atoms with Gasteiger partial charge in [-0.05, 0) is 40.9 Å². The Kier molecular flexibility index (Phi) is 4.82. The summed E-state index contributed by atoms with van der Waals surface area (Å²) in [5.74, 6) is 0.952. The van der Waals surface area contributed by atoms with Gasteiger partial charge < -0.3 is 4.74 Å². The average molecular weight is 348 g/mol. The summed E-state index contributed by atoms with van der Waals surface area (Å²) in [6.07, 6.45) is 4.73. The van der Waals surface area contributed by atoms with E-state index in [9.17, 15) is 4.39 Å². The molecule has 1 saturated carbocycles. The van der Waals surface area contributed by atoms with Gasteiger partial charge in [-0.2, -0.15) is 0 Å². The second-order valence-corrected chi connectivity index (χ2v) is 7.46. The third-order valence-electron chi connectivity index (χ3n) is 5.23. The van der Waals surface area contributed by atoms with Gasteiger partial charge in [-0.15, -0.1) is 11.6 Å². The van der Waals surface area contributed by atoms with Crippen molar-refractivity contribution >= 4 is 11.6 Å². The Morgan fingerprint density at radius 3 is 2.71 bits per heavy atom. The Balaban J connectivity index is 2.18. The molecule has 1 fully saturated rings. The third-order valence-corrected chi connectivity index (χ3v) is 5.54. The second-order valence-electron chi connectivity index (χ2n) is 7.20. The van der Waals surface area contributed by atoms with Gasteiger partial charge in [0.05, 0.1) is 13.3 Å². The van der Waals surface area contributed by atoms with Gasteiger partial charge >= 0.3 is 0 Å². The molecule has 1 heterocycles. The molecular weight excluding hydrogens is 325 g/mol. The fourth-order valence-corrected chi connectivity index (χ4v) is 4.04. The number of aromatic nitrogens is 1. The lowest BCUT2D eigenvalue weighted by molar-refractivity contribution is 0.332. The smallest absolute Gasteiger partial charge is 0.213 e. The van der Waals surface area contributed by atoms with Crippen LogP contribution in [0, 0.1) is 11.2 Å². The maximum absolute atomic E-state index is 14.5. The third kappa shape index (κ3) is 3.14. The highest BCUT2D eigenvalue weighted by atomic mass is 35.5. The monoisotopic (exact) mass is 347 g/mol. The molecule has 2 aromatic rings. The number of halogens is 2. The molecule has 1 aromatic heterocycles. The van der Waals surface area contributed by atoms with Gasteiger partial charge in [-0.3, -0.25) is 0 Å². The number of benzene rings is 1. The lowest BCUT2D eigenvalue weighted by Gasteiger charge is -2.29. The molecule has 24 heavy (non-hydrogen) atoms. The number of alkyl halides is 1. The number of rotatable bonds is 4. The Labute approximate surface area is 148 Å². The molecule has 0 spiro atoms. The molecule has 1 aliphatic rings. The topological polar surface area (TPSA) is 22.1 Å². The van der Waals surface area contributed by atoms with E-state index >= 15 is 0 Å². The Bertz CT molecular complexity index is 744. The van der Waals surface area contributed by atoms with Crippen molar-refractivity contribution in [2.45, 2.75) is 44.9 Å². The lowest BCUT2D eigenvalue weighted by atomic mass is 9.75. The minimum Gasteiger partial charge on any atom is -0.481 e. The molecule has 1 aromatic carbocycles. The molecule has 0 radical (unpaired) electrons. The zero-order valence-electron chi connectivity index (χ0n) is 14.4. The van der Waals surface area contributed by atoms with Crippen LogP contribution in [0.4, 0.5) is 4.39 Å². The number of pyridine rings is 1. The van der Waals surface area contributed by atoms with Gasteiger partial charge in [0.1, 0.15) is 5.82 Å². The first-order valence-electron chi connectivity index (χ1n) is 8.35. The van der Waals surface area contributed by atoms with Crippen molar-refractivity contribution in [1.29, 1.82) is 0 Å². The van der Waals surface area contributed by atoms with Crippen molar-refractivity contribution in [2.24, 2.45) is 5.41 Å². The highest BCUT2D eigenvalue weighted by molar-refractivity contribution is 6.17. The van der Waals surface area contributed by atoms with Gasteiger partial charge in [0.15, 0.2) is 0 Å². The summed E-state index contributed by atoms with van der Waals surface area (Å²) in [7, 11) is 1.54. The summed E-state index contributed by atoms with van der Waals surface area (Å²) >= 11 is 6.05. The van der Waals surface area contributed by atoms with Crippen LogP contribution < -0.4 is 4.74 Å². The molecule has 2 nitrogen and oxygen atoms in total. The minimum absolute atomic E-state index is 0.202. The van der Waals surface area contributed by atoms with E-state index in [-0.39, 0.29) is 11.2 Å². The van der Waals surface area contributed by atoms with Crippen LogP contribution in [0.3, 0.4) is 0 Å². The van der Waals surface area contributed by atoms with Crippen LogP contribution in [0.5, 0.6) is 5.88 Å². The Hall–Kier alpha value is -1.61. The van der Waals surface area contributed by atoms with Crippen LogP contribution in [0.15, 0.2) is 30.5 Å². The summed E-state index contributed by atoms with van der Waals surface area (Å²) in [5, 5.41) is 0. The molecule has 1 atom stereocenters. The predicted molar refractivity (Wildman–Crippen MR) is 96.1 cm³/mol. The van der Waals surface area contributed by atoms with Gasteiger partial charge in [0.2, 0.25) is 5.88 Å². The summed E-state index contributed by atoms with van der Waals surface area (Å²) in [6.45, 7) is 4.59. The number of nitrogens with zero attached hydrogens (tertiary/aromatic N) is 1. The van der Waals surface area contributed by atoms with Crippen LogP contribution in [0.2, 0.25) is 0 Å². The first-order valence-corrected chi connectivity index (χ1v) is 8.88. The molecule has 0 unspecified atom stereocenters. The minimum atomic E-state index is -0.327. The van der Waals surface area contributed by atoms with Gasteiger partial charge in [-0.25, -0.2) is 9.37 Å². The Morgan fingerprint density at radius 2 is 2.08 bits per heavy atom. The summed E-state index contributed by atoms with van der Waals surface area (Å²) < 4.78 is 19.7. The quantitative estimate of drug-likeness (QED) is 0.639. The van der Waals surface area contributed by atoms with Gasteiger partial charge in [-0.1, -0.05) is 38.5 Å². The van der Waals surface area contributed by atoms with E-state index < -0.39 is 0 Å². The standard InChI is InChI=1S/C20H23ClFNO/c1-20(2)8-4-5-17(20)15-9-13(11-21)6-7-14(15)16-10-19(24-3)23-12-18(16)22/h6-7,9-10,12,17H,4-5,8,11H2,1-3H3/t17-/m1/s1. The van der Waals surface area contributed by atoms with E-state index in [0.717, 1.165) is 17.5 Å². The molecule has 3 rings (SSSR count). The van der Waals surface area contributed by atoms with E-state index in [2.05, 4.69) is 24.9 Å². The molecule has 4 heteroatoms. The number of hydrogen-bond acceptors (Lipinski definition) is 2. The van der Waals surface area contributed by atoms with Crippen molar-refractivity contribution in [1.82, 2.24) is 4.98 Å². The van der Waals surface area contributed by atoms with Crippen molar-refractivity contribution in [2.75, 3.05) is 7.11 Å². The maximum Gasteiger partial charge on any atom is 0.213 e. The molecule has 0 saturated heterocycles. The summed E-state index contributed by atoms with van der Waals surface area (Å²) in [5.41, 5.74) is 3.91. The number of methoxy groups -OCH3 is 1. The fourth-order valence-electron chi connectivity index (χ4n) is 3.87. The van der Waals surface area contributed by atoms with Gasteiger partial charge in [0.25, 0.3) is 0 Å². The molecule has 128 valence electrons. The summed E-state index contributed by atoms with van der Waals surface area (Å²) in [4.78, 5) is 3.95. The molecule has 0 N–H and O–H groups in total. The highest BCUT2D eigenvalue weighted by Gasteiger charge is 2.37. The largest absolute Gasteiger partial charge is 0.481 e. The zero-order chi connectivity index (χ0) is 17.3. The first kappa shape index (κ1) is 17.2. The van der Waals surface area contributed by atoms with E-state index in [1.807, 2.05) is 12.1 Å². The summed E-state index contributed by atoms with van der Waals surface area (Å²) in [6, 6.07) is 7.78. The first-order chi connectivity index (χ1) is 11.5. The van der Waals surface area contributed by atoms with Gasteiger partial charge in [0, 0.05) is 17.5 Å². The van der Waals surface area contributed by atoms with Crippen LogP contribution in [-0.4, -0.2) is 12.1 Å². The predicted octanol–water partition coefficient (Wildman–Crippen LogP) is 5.93. The van der Waals surface area contributed by atoms with Crippen LogP contribution in [0.25, 0.3) is 11.1 Å². The normalized spacial score (nSPS) is 19.5. The van der Waals surface area contributed by atoms with Crippen molar-refractivity contribution in [3.05, 3.63) is 47.4 Å². The maximum atomic E-state index is 14.5. The SMILES string of the molecule is COc1cc(-c2ccc(CCl)cc2[C@H]2CCCC2(C)C)c(F)cn1. The lowest BCUT2D eigenvalue weighted by Crippen LogP contribution is -2.16. The Morgan fingerprint density at radius 1 is 1.29 bits per heavy atom. The molecule has 0 bridgehead atoms.